The van der Waals surface area contributed by atoms with Crippen molar-refractivity contribution < 1.29 is 4.79 Å². The lowest BCUT2D eigenvalue weighted by atomic mass is 9.96. The molecule has 1 aliphatic heterocycles. The van der Waals surface area contributed by atoms with Crippen LogP contribution in [0.5, 0.6) is 0 Å². The number of rotatable bonds is 6. The Hall–Kier alpha value is -2.66. The van der Waals surface area contributed by atoms with Gasteiger partial charge in [-0.25, -0.2) is 0 Å². The number of amides is 1. The Morgan fingerprint density at radius 2 is 1.45 bits per heavy atom. The summed E-state index contributed by atoms with van der Waals surface area (Å²) in [4.78, 5) is 17.5. The minimum atomic E-state index is 0.0517. The number of halogens is 1. The average molecular weight is 462 g/mol. The van der Waals surface area contributed by atoms with Crippen LogP contribution in [0.2, 0.25) is 5.02 Å². The molecule has 0 saturated carbocycles. The molecule has 4 nitrogen and oxygen atoms in total. The van der Waals surface area contributed by atoms with Crippen molar-refractivity contribution >= 4 is 23.2 Å². The van der Waals surface area contributed by atoms with E-state index >= 15 is 0 Å². The maximum absolute atomic E-state index is 12.8. The number of aryl methyl sites for hydroxylation is 3. The van der Waals surface area contributed by atoms with Gasteiger partial charge in [-0.05, 0) is 55.2 Å². The molecule has 0 aromatic heterocycles. The van der Waals surface area contributed by atoms with Crippen molar-refractivity contribution in [2.75, 3.05) is 38.0 Å². The Balaban J connectivity index is 1.40. The molecule has 1 amide bonds. The maximum Gasteiger partial charge on any atom is 0.238 e. The Morgan fingerprint density at radius 1 is 0.879 bits per heavy atom. The first-order valence-electron chi connectivity index (χ1n) is 11.6. The second kappa shape index (κ2) is 10.5. The number of carbonyl (C=O) groups is 1. The zero-order valence-electron chi connectivity index (χ0n) is 19.6. The van der Waals surface area contributed by atoms with Crippen molar-refractivity contribution in [3.8, 4) is 0 Å². The minimum absolute atomic E-state index is 0.0517. The molecule has 1 aliphatic rings. The van der Waals surface area contributed by atoms with Gasteiger partial charge in [-0.2, -0.15) is 0 Å². The molecule has 0 spiro atoms. The predicted octanol–water partition coefficient (Wildman–Crippen LogP) is 5.61. The van der Waals surface area contributed by atoms with Gasteiger partial charge >= 0.3 is 0 Å². The standard InChI is InChI=1S/C28H32ClN3O/c1-20-17-21(2)27(22(3)18-20)30-26(33)19-31-13-15-32(16-14-31)28(23-7-5-4-6-8-23)24-9-11-25(29)12-10-24/h4-12,17-18,28H,13-16,19H2,1-3H3,(H,30,33). The first-order chi connectivity index (χ1) is 15.9. The van der Waals surface area contributed by atoms with E-state index in [4.69, 9.17) is 11.6 Å². The monoisotopic (exact) mass is 461 g/mol. The largest absolute Gasteiger partial charge is 0.324 e. The Morgan fingerprint density at radius 3 is 2.06 bits per heavy atom. The lowest BCUT2D eigenvalue weighted by Crippen LogP contribution is -2.49. The second-order valence-electron chi connectivity index (χ2n) is 9.00. The van der Waals surface area contributed by atoms with E-state index in [-0.39, 0.29) is 11.9 Å². The number of benzene rings is 3. The maximum atomic E-state index is 12.8. The predicted molar refractivity (Wildman–Crippen MR) is 137 cm³/mol. The first-order valence-corrected chi connectivity index (χ1v) is 11.9. The molecule has 1 fully saturated rings. The highest BCUT2D eigenvalue weighted by Crippen LogP contribution is 2.30. The van der Waals surface area contributed by atoms with Gasteiger partial charge in [0.2, 0.25) is 5.91 Å². The van der Waals surface area contributed by atoms with Crippen molar-refractivity contribution in [1.29, 1.82) is 0 Å². The zero-order chi connectivity index (χ0) is 23.4. The summed E-state index contributed by atoms with van der Waals surface area (Å²) in [5.74, 6) is 0.0517. The van der Waals surface area contributed by atoms with Crippen LogP contribution in [0.15, 0.2) is 66.7 Å². The molecule has 1 atom stereocenters. The normalized spacial score (nSPS) is 15.9. The fourth-order valence-corrected chi connectivity index (χ4v) is 4.96. The fourth-order valence-electron chi connectivity index (χ4n) is 4.83. The van der Waals surface area contributed by atoms with Gasteiger partial charge in [0.25, 0.3) is 0 Å². The van der Waals surface area contributed by atoms with Gasteiger partial charge in [0, 0.05) is 36.9 Å². The van der Waals surface area contributed by atoms with Crippen molar-refractivity contribution in [3.05, 3.63) is 99.6 Å². The smallest absolute Gasteiger partial charge is 0.238 e. The van der Waals surface area contributed by atoms with E-state index in [1.54, 1.807) is 0 Å². The SMILES string of the molecule is Cc1cc(C)c(NC(=O)CN2CCN(C(c3ccccc3)c3ccc(Cl)cc3)CC2)c(C)c1. The van der Waals surface area contributed by atoms with Gasteiger partial charge < -0.3 is 5.32 Å². The summed E-state index contributed by atoms with van der Waals surface area (Å²) in [5.41, 5.74) is 6.89. The van der Waals surface area contributed by atoms with Gasteiger partial charge in [-0.15, -0.1) is 0 Å². The summed E-state index contributed by atoms with van der Waals surface area (Å²) in [5, 5.41) is 3.89. The minimum Gasteiger partial charge on any atom is -0.324 e. The highest BCUT2D eigenvalue weighted by atomic mass is 35.5. The zero-order valence-corrected chi connectivity index (χ0v) is 20.4. The van der Waals surface area contributed by atoms with Gasteiger partial charge in [0.15, 0.2) is 0 Å². The van der Waals surface area contributed by atoms with E-state index in [9.17, 15) is 4.79 Å². The second-order valence-corrected chi connectivity index (χ2v) is 9.44. The molecule has 0 radical (unpaired) electrons. The number of anilines is 1. The van der Waals surface area contributed by atoms with Crippen molar-refractivity contribution in [1.82, 2.24) is 9.80 Å². The number of carbonyl (C=O) groups excluding carboxylic acids is 1. The number of nitrogens with one attached hydrogen (secondary N) is 1. The van der Waals surface area contributed by atoms with Gasteiger partial charge in [-0.1, -0.05) is 71.8 Å². The molecule has 3 aromatic carbocycles. The molecule has 1 saturated heterocycles. The number of nitrogens with zero attached hydrogens (tertiary/aromatic N) is 2. The van der Waals surface area contributed by atoms with Gasteiger partial charge in [0.05, 0.1) is 12.6 Å². The van der Waals surface area contributed by atoms with Crippen LogP contribution in [0.25, 0.3) is 0 Å². The van der Waals surface area contributed by atoms with E-state index < -0.39 is 0 Å². The van der Waals surface area contributed by atoms with Crippen LogP contribution in [0.1, 0.15) is 33.9 Å². The molecule has 5 heteroatoms. The van der Waals surface area contributed by atoms with Crippen molar-refractivity contribution in [2.45, 2.75) is 26.8 Å². The molecule has 3 aromatic rings. The van der Waals surface area contributed by atoms with Gasteiger partial charge in [0.1, 0.15) is 0 Å². The van der Waals surface area contributed by atoms with Crippen LogP contribution >= 0.6 is 11.6 Å². The highest BCUT2D eigenvalue weighted by Gasteiger charge is 2.27. The topological polar surface area (TPSA) is 35.6 Å². The van der Waals surface area contributed by atoms with Crippen LogP contribution in [-0.4, -0.2) is 48.4 Å². The van der Waals surface area contributed by atoms with E-state index in [1.165, 1.54) is 16.7 Å². The number of hydrogen-bond acceptors (Lipinski definition) is 3. The molecule has 33 heavy (non-hydrogen) atoms. The summed E-state index contributed by atoms with van der Waals surface area (Å²) in [6, 6.07) is 23.2. The molecule has 1 unspecified atom stereocenters. The van der Waals surface area contributed by atoms with Crippen LogP contribution in [0.4, 0.5) is 5.69 Å². The van der Waals surface area contributed by atoms with Crippen LogP contribution in [-0.2, 0) is 4.79 Å². The van der Waals surface area contributed by atoms with Crippen molar-refractivity contribution in [3.63, 3.8) is 0 Å². The van der Waals surface area contributed by atoms with E-state index in [1.807, 2.05) is 12.1 Å². The molecule has 0 bridgehead atoms. The highest BCUT2D eigenvalue weighted by molar-refractivity contribution is 6.30. The summed E-state index contributed by atoms with van der Waals surface area (Å²) in [6.07, 6.45) is 0. The van der Waals surface area contributed by atoms with Gasteiger partial charge in [-0.3, -0.25) is 14.6 Å². The molecule has 1 heterocycles. The third-order valence-electron chi connectivity index (χ3n) is 6.38. The Labute approximate surface area is 202 Å². The average Bonchev–Trinajstić information content (AvgIpc) is 2.79. The van der Waals surface area contributed by atoms with Crippen LogP contribution in [0, 0.1) is 20.8 Å². The van der Waals surface area contributed by atoms with Crippen LogP contribution in [0.3, 0.4) is 0 Å². The van der Waals surface area contributed by atoms with E-state index in [0.717, 1.165) is 48.0 Å². The first kappa shape index (κ1) is 23.5. The fraction of sp³-hybridized carbons (Fsp3) is 0.321. The van der Waals surface area contributed by atoms with E-state index in [0.29, 0.717) is 6.54 Å². The lowest BCUT2D eigenvalue weighted by Gasteiger charge is -2.39. The summed E-state index contributed by atoms with van der Waals surface area (Å²) in [6.45, 7) is 10.1. The van der Waals surface area contributed by atoms with E-state index in [2.05, 4.69) is 90.5 Å². The summed E-state index contributed by atoms with van der Waals surface area (Å²) >= 11 is 6.14. The quantitative estimate of drug-likeness (QED) is 0.518. The lowest BCUT2D eigenvalue weighted by molar-refractivity contribution is -0.117. The van der Waals surface area contributed by atoms with Crippen molar-refractivity contribution in [2.24, 2.45) is 0 Å². The molecule has 1 N–H and O–H groups in total. The summed E-state index contributed by atoms with van der Waals surface area (Å²) < 4.78 is 0. The third kappa shape index (κ3) is 5.83. The molecule has 0 aliphatic carbocycles. The molecular formula is C28H32ClN3O. The Kier molecular flexibility index (Phi) is 7.49. The molecule has 172 valence electrons. The number of piperazine rings is 1. The summed E-state index contributed by atoms with van der Waals surface area (Å²) in [7, 11) is 0. The molecule has 4 rings (SSSR count). The number of hydrogen-bond donors (Lipinski definition) is 1. The van der Waals surface area contributed by atoms with Crippen LogP contribution < -0.4 is 5.32 Å². The Bertz CT molecular complexity index is 1070. The molecular weight excluding hydrogens is 430 g/mol. The third-order valence-corrected chi connectivity index (χ3v) is 6.63.